The number of aryl methyl sites for hydroxylation is 2. The van der Waals surface area contributed by atoms with Gasteiger partial charge in [0.05, 0.1) is 24.6 Å². The highest BCUT2D eigenvalue weighted by molar-refractivity contribution is 5.73. The van der Waals surface area contributed by atoms with Crippen molar-refractivity contribution in [3.63, 3.8) is 0 Å². The van der Waals surface area contributed by atoms with Crippen molar-refractivity contribution < 1.29 is 4.74 Å². The molecule has 0 aliphatic carbocycles. The molecule has 2 unspecified atom stereocenters. The summed E-state index contributed by atoms with van der Waals surface area (Å²) in [6.45, 7) is 7.90. The van der Waals surface area contributed by atoms with Gasteiger partial charge in [-0.2, -0.15) is 0 Å². The molecule has 0 spiro atoms. The number of para-hydroxylation sites is 3. The van der Waals surface area contributed by atoms with Crippen LogP contribution in [0.5, 0.6) is 5.75 Å². The van der Waals surface area contributed by atoms with Crippen LogP contribution in [-0.2, 0) is 12.8 Å². The monoisotopic (exact) mass is 420 g/mol. The summed E-state index contributed by atoms with van der Waals surface area (Å²) in [5.41, 5.74) is 7.51. The van der Waals surface area contributed by atoms with Gasteiger partial charge >= 0.3 is 0 Å². The Hall–Kier alpha value is -2.94. The molecule has 3 heterocycles. The van der Waals surface area contributed by atoms with Gasteiger partial charge in [0.15, 0.2) is 0 Å². The molecule has 3 heteroatoms. The Bertz CT molecular complexity index is 1140. The Morgan fingerprint density at radius 3 is 2.38 bits per heavy atom. The van der Waals surface area contributed by atoms with E-state index in [2.05, 4.69) is 91.3 Å². The molecule has 3 nitrogen and oxygen atoms in total. The summed E-state index contributed by atoms with van der Waals surface area (Å²) < 4.78 is 6.06. The first-order valence-electron chi connectivity index (χ1n) is 11.8. The summed E-state index contributed by atoms with van der Waals surface area (Å²) in [5.74, 6) is 0.883. The Labute approximate surface area is 191 Å². The molecule has 1 saturated heterocycles. The van der Waals surface area contributed by atoms with Crippen LogP contribution in [0.25, 0.3) is 0 Å². The number of rotatable bonds is 4. The standard InChI is InChI=1S/C29H28N2O/c1-20(2)32-28-13-6-4-9-23(28)18-24-11-7-10-22-15-17-27-26-16-14-21-8-3-5-12-25(21)30(26)19-31(27)29(22)24/h3-13,20,26-27H,14-17H2,1-2H3. The molecule has 1 fully saturated rings. The maximum atomic E-state index is 6.06. The molecule has 6 rings (SSSR count). The van der Waals surface area contributed by atoms with Gasteiger partial charge in [0.1, 0.15) is 5.75 Å². The number of hydrogen-bond acceptors (Lipinski definition) is 3. The van der Waals surface area contributed by atoms with Crippen LogP contribution in [-0.4, -0.2) is 18.2 Å². The van der Waals surface area contributed by atoms with E-state index in [9.17, 15) is 0 Å². The quantitative estimate of drug-likeness (QED) is 0.522. The van der Waals surface area contributed by atoms with Crippen LogP contribution in [0.2, 0.25) is 0 Å². The molecule has 3 aliphatic rings. The van der Waals surface area contributed by atoms with Crippen LogP contribution in [0.4, 0.5) is 11.4 Å². The van der Waals surface area contributed by atoms with Crippen LogP contribution in [0.3, 0.4) is 0 Å². The van der Waals surface area contributed by atoms with Crippen molar-refractivity contribution in [3.05, 3.63) is 102 Å². The van der Waals surface area contributed by atoms with E-state index in [1.165, 1.54) is 35.3 Å². The average Bonchev–Trinajstić information content (AvgIpc) is 3.19. The first kappa shape index (κ1) is 19.7. The number of anilines is 2. The van der Waals surface area contributed by atoms with Crippen LogP contribution in [0.1, 0.15) is 48.9 Å². The molecular formula is C29H28N2O. The normalized spacial score (nSPS) is 21.1. The topological polar surface area (TPSA) is 15.7 Å². The maximum absolute atomic E-state index is 6.06. The lowest BCUT2D eigenvalue weighted by molar-refractivity contribution is 0.241. The third-order valence-electron chi connectivity index (χ3n) is 6.87. The molecule has 3 aromatic carbocycles. The van der Waals surface area contributed by atoms with Crippen molar-refractivity contribution in [1.29, 1.82) is 0 Å². The predicted molar refractivity (Wildman–Crippen MR) is 129 cm³/mol. The van der Waals surface area contributed by atoms with E-state index in [4.69, 9.17) is 4.74 Å². The van der Waals surface area contributed by atoms with Crippen molar-refractivity contribution in [2.75, 3.05) is 9.80 Å². The molecule has 0 amide bonds. The lowest BCUT2D eigenvalue weighted by Crippen LogP contribution is -2.42. The third-order valence-corrected chi connectivity index (χ3v) is 6.87. The summed E-state index contributed by atoms with van der Waals surface area (Å²) in [6, 6.07) is 24.6. The van der Waals surface area contributed by atoms with E-state index in [-0.39, 0.29) is 6.10 Å². The van der Waals surface area contributed by atoms with Gasteiger partial charge in [-0.15, -0.1) is 0 Å². The summed E-state index contributed by atoms with van der Waals surface area (Å²) in [4.78, 5) is 4.82. The van der Waals surface area contributed by atoms with Crippen molar-refractivity contribution in [2.45, 2.75) is 57.7 Å². The van der Waals surface area contributed by atoms with Gasteiger partial charge in [0.2, 0.25) is 6.67 Å². The fourth-order valence-corrected chi connectivity index (χ4v) is 5.51. The van der Waals surface area contributed by atoms with Crippen LogP contribution in [0.15, 0.2) is 66.7 Å². The largest absolute Gasteiger partial charge is 0.491 e. The lowest BCUT2D eigenvalue weighted by Gasteiger charge is -2.37. The molecule has 3 aromatic rings. The van der Waals surface area contributed by atoms with Crippen molar-refractivity contribution >= 4 is 11.4 Å². The van der Waals surface area contributed by atoms with E-state index < -0.39 is 0 Å². The zero-order valence-corrected chi connectivity index (χ0v) is 18.7. The van der Waals surface area contributed by atoms with Crippen LogP contribution < -0.4 is 14.5 Å². The van der Waals surface area contributed by atoms with E-state index in [1.807, 2.05) is 12.1 Å². The zero-order valence-electron chi connectivity index (χ0n) is 18.7. The van der Waals surface area contributed by atoms with Crippen LogP contribution in [0, 0.1) is 13.1 Å². The average molecular weight is 421 g/mol. The predicted octanol–water partition coefficient (Wildman–Crippen LogP) is 5.90. The molecule has 2 atom stereocenters. The smallest absolute Gasteiger partial charge is 0.209 e. The third kappa shape index (κ3) is 3.26. The summed E-state index contributed by atoms with van der Waals surface area (Å²) in [6.07, 6.45) is 8.42. The first-order chi connectivity index (χ1) is 15.7. The molecule has 0 saturated carbocycles. The summed E-state index contributed by atoms with van der Waals surface area (Å²) >= 11 is 0. The SMILES string of the molecule is CC(C)Oc1ccccc1[C]c1cccc2c1N1[C]N3c4ccccc4CCC3C1CC2. The minimum Gasteiger partial charge on any atom is -0.491 e. The Kier molecular flexibility index (Phi) is 4.86. The van der Waals surface area contributed by atoms with Crippen LogP contribution >= 0.6 is 0 Å². The van der Waals surface area contributed by atoms with E-state index in [1.54, 1.807) is 0 Å². The Morgan fingerprint density at radius 2 is 1.50 bits per heavy atom. The number of nitrogens with zero attached hydrogens (tertiary/aromatic N) is 2. The second kappa shape index (κ2) is 7.88. The number of fused-ring (bicyclic) bond motifs is 7. The van der Waals surface area contributed by atoms with Gasteiger partial charge in [-0.05, 0) is 68.4 Å². The molecule has 160 valence electrons. The van der Waals surface area contributed by atoms with Gasteiger partial charge in [-0.3, -0.25) is 0 Å². The summed E-state index contributed by atoms with van der Waals surface area (Å²) in [7, 11) is 0. The van der Waals surface area contributed by atoms with Gasteiger partial charge in [0, 0.05) is 16.9 Å². The summed E-state index contributed by atoms with van der Waals surface area (Å²) in [5, 5.41) is 0. The lowest BCUT2D eigenvalue weighted by atomic mass is 9.86. The molecule has 0 aromatic heterocycles. The Morgan fingerprint density at radius 1 is 0.812 bits per heavy atom. The minimum atomic E-state index is 0.128. The highest BCUT2D eigenvalue weighted by atomic mass is 16.5. The van der Waals surface area contributed by atoms with Crippen molar-refractivity contribution in [1.82, 2.24) is 0 Å². The highest BCUT2D eigenvalue weighted by Crippen LogP contribution is 2.47. The molecule has 4 radical (unpaired) electrons. The first-order valence-corrected chi connectivity index (χ1v) is 11.8. The van der Waals surface area contributed by atoms with Gasteiger partial charge < -0.3 is 14.5 Å². The number of benzene rings is 3. The molecule has 0 N–H and O–H groups in total. The van der Waals surface area contributed by atoms with E-state index in [0.29, 0.717) is 12.1 Å². The molecular weight excluding hydrogens is 392 g/mol. The van der Waals surface area contributed by atoms with Gasteiger partial charge in [0.25, 0.3) is 0 Å². The maximum Gasteiger partial charge on any atom is 0.209 e. The number of ether oxygens (including phenoxy) is 1. The van der Waals surface area contributed by atoms with E-state index >= 15 is 0 Å². The van der Waals surface area contributed by atoms with Gasteiger partial charge in [-0.1, -0.05) is 54.6 Å². The minimum absolute atomic E-state index is 0.128. The Balaban J connectivity index is 1.37. The fraction of sp³-hybridized carbons (Fsp3) is 0.310. The molecule has 3 aliphatic heterocycles. The van der Waals surface area contributed by atoms with Crippen molar-refractivity contribution in [2.24, 2.45) is 0 Å². The van der Waals surface area contributed by atoms with Gasteiger partial charge in [-0.25, -0.2) is 0 Å². The number of hydrogen-bond donors (Lipinski definition) is 0. The van der Waals surface area contributed by atoms with Crippen molar-refractivity contribution in [3.8, 4) is 5.75 Å². The molecule has 0 bridgehead atoms. The highest BCUT2D eigenvalue weighted by Gasteiger charge is 2.46. The molecule has 32 heavy (non-hydrogen) atoms. The second-order valence-corrected chi connectivity index (χ2v) is 9.28. The zero-order chi connectivity index (χ0) is 21.7. The van der Waals surface area contributed by atoms with E-state index in [0.717, 1.165) is 29.7 Å². The second-order valence-electron chi connectivity index (χ2n) is 9.28. The fourth-order valence-electron chi connectivity index (χ4n) is 5.51.